The lowest BCUT2D eigenvalue weighted by Crippen LogP contribution is -2.17. The van der Waals surface area contributed by atoms with Gasteiger partial charge < -0.3 is 10.1 Å². The van der Waals surface area contributed by atoms with Gasteiger partial charge in [0.25, 0.3) is 0 Å². The van der Waals surface area contributed by atoms with Gasteiger partial charge in [0.05, 0.1) is 12.7 Å². The van der Waals surface area contributed by atoms with Crippen LogP contribution >= 0.6 is 11.3 Å². The lowest BCUT2D eigenvalue weighted by Gasteiger charge is -2.22. The van der Waals surface area contributed by atoms with E-state index < -0.39 is 0 Å². The molecule has 2 aromatic rings. The number of fused-ring (bicyclic) bond motifs is 1. The lowest BCUT2D eigenvalue weighted by molar-refractivity contribution is -0.117. The molecule has 1 atom stereocenters. The first-order valence-corrected chi connectivity index (χ1v) is 9.57. The van der Waals surface area contributed by atoms with Crippen molar-refractivity contribution in [2.24, 2.45) is 5.92 Å². The Morgan fingerprint density at radius 2 is 1.92 bits per heavy atom. The number of ether oxygens (including phenoxy) is 1. The Morgan fingerprint density at radius 3 is 2.60 bits per heavy atom. The van der Waals surface area contributed by atoms with Gasteiger partial charge in [-0.1, -0.05) is 30.3 Å². The van der Waals surface area contributed by atoms with Gasteiger partial charge in [0.1, 0.15) is 5.00 Å². The third-order valence-corrected chi connectivity index (χ3v) is 6.28. The molecule has 1 heterocycles. The Morgan fingerprint density at radius 1 is 1.16 bits per heavy atom. The number of hydrogen-bond donors (Lipinski definition) is 1. The van der Waals surface area contributed by atoms with E-state index in [0.29, 0.717) is 16.5 Å². The van der Waals surface area contributed by atoms with Gasteiger partial charge >= 0.3 is 5.97 Å². The molecule has 0 radical (unpaired) electrons. The molecule has 25 heavy (non-hydrogen) atoms. The van der Waals surface area contributed by atoms with Crippen molar-refractivity contribution in [2.75, 3.05) is 12.4 Å². The SMILES string of the molecule is COC(=O)c1c(NC(=O)C2CC2)sc2c1CC[C@@H](c1ccccc1)C2. The van der Waals surface area contributed by atoms with Crippen LogP contribution in [0.15, 0.2) is 30.3 Å². The summed E-state index contributed by atoms with van der Waals surface area (Å²) in [6, 6.07) is 10.5. The van der Waals surface area contributed by atoms with Crippen LogP contribution in [0.3, 0.4) is 0 Å². The molecule has 4 rings (SSSR count). The molecule has 0 spiro atoms. The van der Waals surface area contributed by atoms with Crippen molar-refractivity contribution in [3.63, 3.8) is 0 Å². The van der Waals surface area contributed by atoms with Gasteiger partial charge in [-0.3, -0.25) is 4.79 Å². The van der Waals surface area contributed by atoms with Gasteiger partial charge in [0.15, 0.2) is 0 Å². The van der Waals surface area contributed by atoms with E-state index in [1.165, 1.54) is 17.6 Å². The average molecular weight is 355 g/mol. The average Bonchev–Trinajstić information content (AvgIpc) is 3.43. The van der Waals surface area contributed by atoms with Gasteiger partial charge in [-0.25, -0.2) is 4.79 Å². The molecule has 2 aliphatic rings. The Balaban J connectivity index is 1.64. The number of thiophene rings is 1. The molecule has 5 heteroatoms. The van der Waals surface area contributed by atoms with Crippen LogP contribution in [0.25, 0.3) is 0 Å². The summed E-state index contributed by atoms with van der Waals surface area (Å²) >= 11 is 1.54. The number of esters is 1. The Hall–Kier alpha value is -2.14. The van der Waals surface area contributed by atoms with Crippen LogP contribution in [0.2, 0.25) is 0 Å². The van der Waals surface area contributed by atoms with Crippen LogP contribution in [0.5, 0.6) is 0 Å². The maximum atomic E-state index is 12.3. The van der Waals surface area contributed by atoms with Crippen molar-refractivity contribution in [1.82, 2.24) is 0 Å². The van der Waals surface area contributed by atoms with Gasteiger partial charge in [0, 0.05) is 10.8 Å². The smallest absolute Gasteiger partial charge is 0.341 e. The van der Waals surface area contributed by atoms with Gasteiger partial charge in [-0.05, 0) is 49.1 Å². The third kappa shape index (κ3) is 3.21. The number of benzene rings is 1. The van der Waals surface area contributed by atoms with Gasteiger partial charge in [-0.15, -0.1) is 11.3 Å². The van der Waals surface area contributed by atoms with Crippen molar-refractivity contribution in [3.05, 3.63) is 51.9 Å². The number of carbonyl (C=O) groups is 2. The van der Waals surface area contributed by atoms with Crippen molar-refractivity contribution >= 4 is 28.2 Å². The number of anilines is 1. The number of methoxy groups -OCH3 is 1. The van der Waals surface area contributed by atoms with Crippen molar-refractivity contribution in [1.29, 1.82) is 0 Å². The fourth-order valence-electron chi connectivity index (χ4n) is 3.56. The van der Waals surface area contributed by atoms with E-state index in [9.17, 15) is 9.59 Å². The van der Waals surface area contributed by atoms with Crippen LogP contribution < -0.4 is 5.32 Å². The highest BCUT2D eigenvalue weighted by atomic mass is 32.1. The number of amides is 1. The van der Waals surface area contributed by atoms with Gasteiger partial charge in [0.2, 0.25) is 5.91 Å². The highest BCUT2D eigenvalue weighted by Crippen LogP contribution is 2.43. The predicted octanol–water partition coefficient (Wildman–Crippen LogP) is 4.16. The minimum absolute atomic E-state index is 0.0309. The molecule has 130 valence electrons. The molecule has 0 bridgehead atoms. The summed E-state index contributed by atoms with van der Waals surface area (Å²) in [5.74, 6) is 0.261. The Labute approximate surface area is 151 Å². The first-order valence-electron chi connectivity index (χ1n) is 8.76. The molecule has 1 amide bonds. The molecule has 1 fully saturated rings. The van der Waals surface area contributed by atoms with E-state index >= 15 is 0 Å². The first kappa shape index (κ1) is 16.3. The largest absolute Gasteiger partial charge is 0.465 e. The van der Waals surface area contributed by atoms with Gasteiger partial charge in [-0.2, -0.15) is 0 Å². The van der Waals surface area contributed by atoms with Crippen LogP contribution in [0.4, 0.5) is 5.00 Å². The standard InChI is InChI=1S/C20H21NO3S/c1-24-20(23)17-15-10-9-14(12-5-3-2-4-6-12)11-16(15)25-19(17)21-18(22)13-7-8-13/h2-6,13-14H,7-11H2,1H3,(H,21,22)/t14-/m1/s1. The number of nitrogens with one attached hydrogen (secondary N) is 1. The zero-order valence-corrected chi connectivity index (χ0v) is 15.0. The lowest BCUT2D eigenvalue weighted by atomic mass is 9.83. The normalized spacial score (nSPS) is 19.2. The molecule has 4 nitrogen and oxygen atoms in total. The Kier molecular flexibility index (Phi) is 4.34. The predicted molar refractivity (Wildman–Crippen MR) is 98.2 cm³/mol. The molecule has 0 aliphatic heterocycles. The maximum Gasteiger partial charge on any atom is 0.341 e. The summed E-state index contributed by atoms with van der Waals surface area (Å²) in [7, 11) is 1.40. The molecule has 0 unspecified atom stereocenters. The fraction of sp³-hybridized carbons (Fsp3) is 0.400. The minimum Gasteiger partial charge on any atom is -0.465 e. The molecular formula is C20H21NO3S. The third-order valence-electron chi connectivity index (χ3n) is 5.11. The van der Waals surface area contributed by atoms with Crippen LogP contribution in [-0.4, -0.2) is 19.0 Å². The zero-order valence-electron chi connectivity index (χ0n) is 14.2. The summed E-state index contributed by atoms with van der Waals surface area (Å²) < 4.78 is 4.99. The number of carbonyl (C=O) groups excluding carboxylic acids is 2. The molecule has 2 aliphatic carbocycles. The fourth-order valence-corrected chi connectivity index (χ4v) is 4.88. The second kappa shape index (κ2) is 6.64. The summed E-state index contributed by atoms with van der Waals surface area (Å²) in [5, 5.41) is 3.65. The topological polar surface area (TPSA) is 55.4 Å². The van der Waals surface area contributed by atoms with Crippen molar-refractivity contribution < 1.29 is 14.3 Å². The number of rotatable bonds is 4. The molecule has 1 saturated carbocycles. The van der Waals surface area contributed by atoms with E-state index in [-0.39, 0.29) is 17.8 Å². The van der Waals surface area contributed by atoms with E-state index in [1.54, 1.807) is 11.3 Å². The van der Waals surface area contributed by atoms with Crippen molar-refractivity contribution in [2.45, 2.75) is 38.0 Å². The maximum absolute atomic E-state index is 12.3. The van der Waals surface area contributed by atoms with Crippen LogP contribution in [0.1, 0.15) is 51.5 Å². The molecule has 1 aromatic carbocycles. The van der Waals surface area contributed by atoms with E-state index in [1.807, 2.05) is 6.07 Å². The highest BCUT2D eigenvalue weighted by Gasteiger charge is 2.34. The van der Waals surface area contributed by atoms with E-state index in [2.05, 4.69) is 29.6 Å². The first-order chi connectivity index (χ1) is 12.2. The minimum atomic E-state index is -0.346. The Bertz CT molecular complexity index is 808. The second-order valence-corrected chi connectivity index (χ2v) is 7.92. The van der Waals surface area contributed by atoms with E-state index in [0.717, 1.165) is 37.7 Å². The highest BCUT2D eigenvalue weighted by molar-refractivity contribution is 7.17. The van der Waals surface area contributed by atoms with Crippen LogP contribution in [-0.2, 0) is 22.4 Å². The molecule has 1 N–H and O–H groups in total. The summed E-state index contributed by atoms with van der Waals surface area (Å²) in [6.07, 6.45) is 4.65. The summed E-state index contributed by atoms with van der Waals surface area (Å²) in [4.78, 5) is 25.7. The molecule has 0 saturated heterocycles. The zero-order chi connectivity index (χ0) is 17.4. The quantitative estimate of drug-likeness (QED) is 0.838. The monoisotopic (exact) mass is 355 g/mol. The van der Waals surface area contributed by atoms with Crippen molar-refractivity contribution in [3.8, 4) is 0 Å². The van der Waals surface area contributed by atoms with E-state index in [4.69, 9.17) is 4.74 Å². The summed E-state index contributed by atoms with van der Waals surface area (Å²) in [5.41, 5.74) is 2.97. The molecular weight excluding hydrogens is 334 g/mol. The number of hydrogen-bond acceptors (Lipinski definition) is 4. The molecule has 1 aromatic heterocycles. The second-order valence-electron chi connectivity index (χ2n) is 6.81. The van der Waals surface area contributed by atoms with Crippen LogP contribution in [0, 0.1) is 5.92 Å². The summed E-state index contributed by atoms with van der Waals surface area (Å²) in [6.45, 7) is 0.